The maximum Gasteiger partial charge on any atom is 0.312 e. The number of amides is 3. The van der Waals surface area contributed by atoms with Crippen LogP contribution in [0.3, 0.4) is 0 Å². The first kappa shape index (κ1) is 16.1. The van der Waals surface area contributed by atoms with Crippen molar-refractivity contribution in [1.29, 1.82) is 0 Å². The van der Waals surface area contributed by atoms with Crippen molar-refractivity contribution in [3.8, 4) is 0 Å². The Morgan fingerprint density at radius 2 is 1.91 bits per heavy atom. The summed E-state index contributed by atoms with van der Waals surface area (Å²) in [6.45, 7) is 3.74. The van der Waals surface area contributed by atoms with E-state index < -0.39 is 17.5 Å². The predicted molar refractivity (Wildman–Crippen MR) is 87.2 cm³/mol. The van der Waals surface area contributed by atoms with Crippen LogP contribution in [0, 0.1) is 0 Å². The molecule has 0 unspecified atom stereocenters. The number of allylic oxidation sites excluding steroid dienone is 2. The SMILES string of the molecule is CC(C)(NC(N)=O)c1ccc(C(N)=O)c(C2=CCCCC2)c1. The number of carbonyl (C=O) groups excluding carboxylic acids is 2. The molecule has 118 valence electrons. The van der Waals surface area contributed by atoms with Gasteiger partial charge in [-0.05, 0) is 68.4 Å². The van der Waals surface area contributed by atoms with Crippen LogP contribution in [0.4, 0.5) is 4.79 Å². The number of hydrogen-bond acceptors (Lipinski definition) is 2. The second-order valence-electron chi connectivity index (χ2n) is 6.21. The first-order valence-electron chi connectivity index (χ1n) is 7.52. The first-order chi connectivity index (χ1) is 10.3. The molecular weight excluding hydrogens is 278 g/mol. The minimum Gasteiger partial charge on any atom is -0.366 e. The molecule has 0 aliphatic heterocycles. The molecule has 0 bridgehead atoms. The van der Waals surface area contributed by atoms with Crippen LogP contribution >= 0.6 is 0 Å². The molecule has 0 fully saturated rings. The van der Waals surface area contributed by atoms with E-state index in [4.69, 9.17) is 11.5 Å². The average molecular weight is 301 g/mol. The molecule has 0 aromatic heterocycles. The molecule has 22 heavy (non-hydrogen) atoms. The van der Waals surface area contributed by atoms with Gasteiger partial charge in [0, 0.05) is 5.56 Å². The fourth-order valence-corrected chi connectivity index (χ4v) is 2.88. The van der Waals surface area contributed by atoms with Gasteiger partial charge in [-0.2, -0.15) is 0 Å². The Hall–Kier alpha value is -2.30. The van der Waals surface area contributed by atoms with E-state index in [1.807, 2.05) is 26.0 Å². The van der Waals surface area contributed by atoms with E-state index in [0.29, 0.717) is 5.56 Å². The maximum absolute atomic E-state index is 11.7. The van der Waals surface area contributed by atoms with Gasteiger partial charge in [-0.3, -0.25) is 4.79 Å². The Kier molecular flexibility index (Phi) is 4.54. The third-order valence-corrected chi connectivity index (χ3v) is 4.08. The zero-order valence-corrected chi connectivity index (χ0v) is 13.1. The van der Waals surface area contributed by atoms with E-state index in [-0.39, 0.29) is 0 Å². The minimum absolute atomic E-state index is 0.436. The van der Waals surface area contributed by atoms with Crippen LogP contribution in [0.15, 0.2) is 24.3 Å². The zero-order valence-electron chi connectivity index (χ0n) is 13.1. The van der Waals surface area contributed by atoms with Gasteiger partial charge in [0.1, 0.15) is 0 Å². The van der Waals surface area contributed by atoms with Crippen LogP contribution < -0.4 is 16.8 Å². The van der Waals surface area contributed by atoms with Crippen LogP contribution in [-0.4, -0.2) is 11.9 Å². The van der Waals surface area contributed by atoms with E-state index in [1.54, 1.807) is 6.07 Å². The van der Waals surface area contributed by atoms with Gasteiger partial charge in [0.15, 0.2) is 0 Å². The molecule has 1 aromatic rings. The van der Waals surface area contributed by atoms with E-state index in [9.17, 15) is 9.59 Å². The van der Waals surface area contributed by atoms with Crippen molar-refractivity contribution in [3.63, 3.8) is 0 Å². The monoisotopic (exact) mass is 301 g/mol. The Morgan fingerprint density at radius 3 is 2.45 bits per heavy atom. The van der Waals surface area contributed by atoms with Crippen molar-refractivity contribution in [3.05, 3.63) is 41.0 Å². The van der Waals surface area contributed by atoms with E-state index in [2.05, 4.69) is 11.4 Å². The summed E-state index contributed by atoms with van der Waals surface area (Å²) in [5.41, 5.74) is 13.5. The summed E-state index contributed by atoms with van der Waals surface area (Å²) in [5.74, 6) is -0.436. The highest BCUT2D eigenvalue weighted by Gasteiger charge is 2.24. The van der Waals surface area contributed by atoms with Crippen LogP contribution in [0.5, 0.6) is 0 Å². The molecule has 0 spiro atoms. The fourth-order valence-electron chi connectivity index (χ4n) is 2.88. The van der Waals surface area contributed by atoms with Crippen LogP contribution in [-0.2, 0) is 5.54 Å². The van der Waals surface area contributed by atoms with Crippen LogP contribution in [0.2, 0.25) is 0 Å². The third-order valence-electron chi connectivity index (χ3n) is 4.08. The number of nitrogens with two attached hydrogens (primary N) is 2. The molecule has 0 radical (unpaired) electrons. The molecular formula is C17H23N3O2. The Balaban J connectivity index is 2.49. The van der Waals surface area contributed by atoms with Crippen molar-refractivity contribution in [1.82, 2.24) is 5.32 Å². The number of urea groups is 1. The van der Waals surface area contributed by atoms with E-state index in [1.165, 1.54) is 6.42 Å². The largest absolute Gasteiger partial charge is 0.366 e. The van der Waals surface area contributed by atoms with Crippen molar-refractivity contribution in [2.24, 2.45) is 11.5 Å². The molecule has 0 saturated heterocycles. The molecule has 5 heteroatoms. The highest BCUT2D eigenvalue weighted by atomic mass is 16.2. The van der Waals surface area contributed by atoms with Gasteiger partial charge in [0.05, 0.1) is 5.54 Å². The van der Waals surface area contributed by atoms with Crippen molar-refractivity contribution in [2.45, 2.75) is 45.1 Å². The molecule has 0 saturated carbocycles. The topological polar surface area (TPSA) is 98.2 Å². The molecule has 3 amide bonds. The van der Waals surface area contributed by atoms with E-state index >= 15 is 0 Å². The van der Waals surface area contributed by atoms with Gasteiger partial charge < -0.3 is 16.8 Å². The number of carbonyl (C=O) groups is 2. The Bertz CT molecular complexity index is 633. The van der Waals surface area contributed by atoms with Gasteiger partial charge in [0.25, 0.3) is 0 Å². The van der Waals surface area contributed by atoms with Crippen molar-refractivity contribution < 1.29 is 9.59 Å². The number of nitrogens with one attached hydrogen (secondary N) is 1. The summed E-state index contributed by atoms with van der Waals surface area (Å²) in [6.07, 6.45) is 6.40. The Labute approximate surface area is 130 Å². The summed E-state index contributed by atoms with van der Waals surface area (Å²) in [6, 6.07) is 4.89. The Morgan fingerprint density at radius 1 is 1.18 bits per heavy atom. The molecule has 0 atom stereocenters. The normalized spacial score (nSPS) is 15.1. The van der Waals surface area contributed by atoms with Crippen LogP contribution in [0.25, 0.3) is 5.57 Å². The molecule has 5 N–H and O–H groups in total. The third kappa shape index (κ3) is 3.47. The molecule has 0 heterocycles. The quantitative estimate of drug-likeness (QED) is 0.796. The molecule has 1 aliphatic carbocycles. The highest BCUT2D eigenvalue weighted by Crippen LogP contribution is 2.32. The predicted octanol–water partition coefficient (Wildman–Crippen LogP) is 2.65. The first-order valence-corrected chi connectivity index (χ1v) is 7.52. The van der Waals surface area contributed by atoms with Gasteiger partial charge in [-0.15, -0.1) is 0 Å². The van der Waals surface area contributed by atoms with Crippen molar-refractivity contribution in [2.75, 3.05) is 0 Å². The standard InChI is InChI=1S/C17H23N3O2/c1-17(2,20-16(19)22)12-8-9-13(15(18)21)14(10-12)11-6-4-3-5-7-11/h6,8-10H,3-5,7H2,1-2H3,(H2,18,21)(H3,19,20,22). The lowest BCUT2D eigenvalue weighted by Gasteiger charge is -2.27. The molecule has 2 rings (SSSR count). The number of benzene rings is 1. The molecule has 5 nitrogen and oxygen atoms in total. The summed E-state index contributed by atoms with van der Waals surface area (Å²) in [4.78, 5) is 22.9. The lowest BCUT2D eigenvalue weighted by atomic mass is 9.85. The second kappa shape index (κ2) is 6.22. The van der Waals surface area contributed by atoms with Crippen molar-refractivity contribution >= 4 is 17.5 Å². The van der Waals surface area contributed by atoms with Gasteiger partial charge in [-0.1, -0.05) is 12.1 Å². The van der Waals surface area contributed by atoms with E-state index in [0.717, 1.165) is 36.0 Å². The second-order valence-corrected chi connectivity index (χ2v) is 6.21. The number of rotatable bonds is 4. The molecule has 1 aliphatic rings. The maximum atomic E-state index is 11.7. The summed E-state index contributed by atoms with van der Waals surface area (Å²) in [5, 5.41) is 2.72. The van der Waals surface area contributed by atoms with Gasteiger partial charge >= 0.3 is 6.03 Å². The number of primary amides is 2. The van der Waals surface area contributed by atoms with Gasteiger partial charge in [-0.25, -0.2) is 4.79 Å². The van der Waals surface area contributed by atoms with Gasteiger partial charge in [0.2, 0.25) is 5.91 Å². The lowest BCUT2D eigenvalue weighted by molar-refractivity contribution is 0.1000. The summed E-state index contributed by atoms with van der Waals surface area (Å²) in [7, 11) is 0. The molecule has 1 aromatic carbocycles. The lowest BCUT2D eigenvalue weighted by Crippen LogP contribution is -2.44. The minimum atomic E-state index is -0.619. The number of hydrogen-bond donors (Lipinski definition) is 3. The average Bonchev–Trinajstić information content (AvgIpc) is 2.46. The highest BCUT2D eigenvalue weighted by molar-refractivity contribution is 5.98. The summed E-state index contributed by atoms with van der Waals surface area (Å²) < 4.78 is 0. The smallest absolute Gasteiger partial charge is 0.312 e. The zero-order chi connectivity index (χ0) is 16.3. The fraction of sp³-hybridized carbons (Fsp3) is 0.412. The van der Waals surface area contributed by atoms with Crippen LogP contribution in [0.1, 0.15) is 61.0 Å². The summed E-state index contributed by atoms with van der Waals surface area (Å²) >= 11 is 0.